The number of nitrogens with one attached hydrogen (secondary N) is 9. The molecule has 10 amide bonds. The van der Waals surface area contributed by atoms with E-state index in [1.807, 2.05) is 27.7 Å². The smallest absolute Gasteiger partial charge is 0.267 e. The third kappa shape index (κ3) is 19.8. The Labute approximate surface area is 441 Å². The average Bonchev–Trinajstić information content (AvgIpc) is 3.78. The van der Waals surface area contributed by atoms with Gasteiger partial charge >= 0.3 is 0 Å². The van der Waals surface area contributed by atoms with Crippen molar-refractivity contribution >= 4 is 70.5 Å². The molecule has 75 heavy (non-hydrogen) atoms. The first-order valence-electron chi connectivity index (χ1n) is 26.1. The molecule has 418 valence electrons. The highest BCUT2D eigenvalue weighted by Gasteiger charge is 2.39. The van der Waals surface area contributed by atoms with Crippen LogP contribution in [-0.2, 0) is 47.9 Å². The Balaban J connectivity index is 2.06. The van der Waals surface area contributed by atoms with Gasteiger partial charge in [0.15, 0.2) is 0 Å². The molecular formula is C52H84N12O11. The highest BCUT2D eigenvalue weighted by Crippen LogP contribution is 2.27. The van der Waals surface area contributed by atoms with E-state index in [0.29, 0.717) is 37.1 Å². The number of hydrogen-bond donors (Lipinski definition) is 10. The summed E-state index contributed by atoms with van der Waals surface area (Å²) in [4.78, 5) is 136. The summed E-state index contributed by atoms with van der Waals surface area (Å²) in [5, 5.41) is 30.8. The van der Waals surface area contributed by atoms with Crippen LogP contribution in [0.4, 0.5) is 5.69 Å². The molecule has 0 aromatic heterocycles. The van der Waals surface area contributed by atoms with Gasteiger partial charge in [-0.1, -0.05) is 55.4 Å². The van der Waals surface area contributed by atoms with Crippen molar-refractivity contribution in [2.75, 3.05) is 25.2 Å². The highest BCUT2D eigenvalue weighted by molar-refractivity contribution is 6.40. The minimum atomic E-state index is -1.67. The molecule has 0 spiro atoms. The lowest BCUT2D eigenvalue weighted by molar-refractivity contribution is -0.138. The van der Waals surface area contributed by atoms with Crippen LogP contribution in [0.15, 0.2) is 29.4 Å². The molecule has 2 aliphatic heterocycles. The van der Waals surface area contributed by atoms with Crippen LogP contribution in [0, 0.1) is 23.7 Å². The molecule has 1 aromatic rings. The van der Waals surface area contributed by atoms with Gasteiger partial charge in [0.2, 0.25) is 53.2 Å². The van der Waals surface area contributed by atoms with E-state index in [0.717, 1.165) is 0 Å². The molecule has 23 heteroatoms. The zero-order chi connectivity index (χ0) is 56.3. The molecule has 23 nitrogen and oxygen atoms in total. The maximum Gasteiger partial charge on any atom is 0.267 e. The van der Waals surface area contributed by atoms with E-state index in [1.54, 1.807) is 52.0 Å². The van der Waals surface area contributed by atoms with Gasteiger partial charge in [-0.3, -0.25) is 53.0 Å². The fraction of sp³-hybridized carbons (Fsp3) is 0.673. The van der Waals surface area contributed by atoms with Crippen LogP contribution in [0.3, 0.4) is 0 Å². The molecule has 11 N–H and O–H groups in total. The van der Waals surface area contributed by atoms with E-state index >= 15 is 0 Å². The number of anilines is 1. The fourth-order valence-corrected chi connectivity index (χ4v) is 8.49. The van der Waals surface area contributed by atoms with Crippen molar-refractivity contribution in [2.24, 2.45) is 34.5 Å². The molecule has 1 unspecified atom stereocenters. The number of benzene rings is 1. The molecule has 1 aromatic carbocycles. The summed E-state index contributed by atoms with van der Waals surface area (Å²) in [6.07, 6.45) is 1.70. The number of hydrogen-bond acceptors (Lipinski definition) is 13. The minimum absolute atomic E-state index is 0.0200. The van der Waals surface area contributed by atoms with Crippen molar-refractivity contribution in [3.63, 3.8) is 0 Å². The number of methoxy groups -OCH3 is 1. The Kier molecular flexibility index (Phi) is 24.4. The van der Waals surface area contributed by atoms with Crippen LogP contribution in [0.25, 0.3) is 0 Å². The van der Waals surface area contributed by atoms with Crippen LogP contribution >= 0.6 is 0 Å². The first kappa shape index (κ1) is 62.5. The highest BCUT2D eigenvalue weighted by atomic mass is 16.5. The first-order valence-corrected chi connectivity index (χ1v) is 26.1. The van der Waals surface area contributed by atoms with Crippen molar-refractivity contribution in [3.8, 4) is 5.75 Å². The molecule has 0 saturated carbocycles. The number of rotatable bonds is 14. The van der Waals surface area contributed by atoms with Crippen molar-refractivity contribution in [1.29, 1.82) is 0 Å². The van der Waals surface area contributed by atoms with Crippen LogP contribution in [0.5, 0.6) is 5.75 Å². The molecule has 0 aliphatic carbocycles. The van der Waals surface area contributed by atoms with Crippen LogP contribution in [0.1, 0.15) is 134 Å². The Morgan fingerprint density at radius 1 is 0.787 bits per heavy atom. The lowest BCUT2D eigenvalue weighted by Crippen LogP contribution is -2.64. The van der Waals surface area contributed by atoms with E-state index < -0.39 is 113 Å². The number of amides is 10. The number of hydrazone groups is 1. The molecule has 3 rings (SSSR count). The normalized spacial score (nSPS) is 23.0. The number of nitrogens with two attached hydrogens (primary N) is 1. The topological polar surface area (TPSA) is 330 Å². The molecule has 2 heterocycles. The first-order chi connectivity index (χ1) is 35.1. The summed E-state index contributed by atoms with van der Waals surface area (Å²) in [5.74, 6) is -6.88. The summed E-state index contributed by atoms with van der Waals surface area (Å²) in [6.45, 7) is 18.6. The number of ether oxygens (including phenoxy) is 1. The Bertz CT molecular complexity index is 2210. The molecule has 0 radical (unpaired) electrons. The van der Waals surface area contributed by atoms with Crippen molar-refractivity contribution in [3.05, 3.63) is 24.3 Å². The zero-order valence-corrected chi connectivity index (χ0v) is 45.9. The lowest BCUT2D eigenvalue weighted by Gasteiger charge is -2.32. The summed E-state index contributed by atoms with van der Waals surface area (Å²) in [6, 6.07) is -1.02. The van der Waals surface area contributed by atoms with Gasteiger partial charge in [0.25, 0.3) is 5.91 Å². The van der Waals surface area contributed by atoms with Gasteiger partial charge in [0.05, 0.1) is 12.8 Å². The van der Waals surface area contributed by atoms with Gasteiger partial charge in [-0.2, -0.15) is 5.10 Å². The van der Waals surface area contributed by atoms with Crippen molar-refractivity contribution in [2.45, 2.75) is 182 Å². The summed E-state index contributed by atoms with van der Waals surface area (Å²) < 4.78 is 5.31. The Hall–Kier alpha value is -6.81. The maximum atomic E-state index is 14.3. The average molecular weight is 1050 g/mol. The summed E-state index contributed by atoms with van der Waals surface area (Å²) in [5.41, 5.74) is 4.59. The lowest BCUT2D eigenvalue weighted by atomic mass is 9.97. The molecule has 2 aliphatic rings. The van der Waals surface area contributed by atoms with E-state index in [1.165, 1.54) is 32.9 Å². The maximum absolute atomic E-state index is 14.3. The van der Waals surface area contributed by atoms with Gasteiger partial charge in [-0.15, -0.1) is 0 Å². The predicted molar refractivity (Wildman–Crippen MR) is 282 cm³/mol. The van der Waals surface area contributed by atoms with E-state index in [4.69, 9.17) is 10.5 Å². The van der Waals surface area contributed by atoms with Crippen LogP contribution in [-0.4, -0.2) is 133 Å². The number of fused-ring (bicyclic) bond motifs is 2. The molecule has 7 atom stereocenters. The quantitative estimate of drug-likeness (QED) is 0.125. The van der Waals surface area contributed by atoms with Gasteiger partial charge in [-0.25, -0.2) is 0 Å². The van der Waals surface area contributed by atoms with E-state index in [2.05, 4.69) is 53.0 Å². The second-order valence-corrected chi connectivity index (χ2v) is 21.5. The molecule has 2 bridgehead atoms. The monoisotopic (exact) mass is 1050 g/mol. The molecular weight excluding hydrogens is 969 g/mol. The third-order valence-corrected chi connectivity index (χ3v) is 12.8. The zero-order valence-electron chi connectivity index (χ0n) is 45.9. The fourth-order valence-electron chi connectivity index (χ4n) is 8.49. The summed E-state index contributed by atoms with van der Waals surface area (Å²) in [7, 11) is 1.52. The van der Waals surface area contributed by atoms with Crippen LogP contribution in [0.2, 0.25) is 0 Å². The second-order valence-electron chi connectivity index (χ2n) is 21.5. The predicted octanol–water partition coefficient (Wildman–Crippen LogP) is 0.929. The second kappa shape index (κ2) is 29.3. The van der Waals surface area contributed by atoms with Crippen molar-refractivity contribution in [1.82, 2.24) is 47.9 Å². The molecule has 1 saturated heterocycles. The third-order valence-electron chi connectivity index (χ3n) is 12.8. The number of carbonyl (C=O) groups excluding carboxylic acids is 10. The van der Waals surface area contributed by atoms with Gasteiger partial charge < -0.3 is 58.3 Å². The largest absolute Gasteiger partial charge is 0.497 e. The van der Waals surface area contributed by atoms with E-state index in [-0.39, 0.29) is 68.7 Å². The summed E-state index contributed by atoms with van der Waals surface area (Å²) >= 11 is 0. The Morgan fingerprint density at radius 2 is 1.41 bits per heavy atom. The van der Waals surface area contributed by atoms with Gasteiger partial charge in [0, 0.05) is 26.4 Å². The van der Waals surface area contributed by atoms with Crippen LogP contribution < -0.4 is 63.3 Å². The number of carbonyl (C=O) groups is 10. The standard InChI is InChI=1S/C52H84N12O11/c1-28(2)25-37(43(53)66)59-45(68)35-17-13-15-23-54-44(67)39-27-40(64(63-39)33-19-21-34(75-12)22-20-33)48(71)55-24-16-14-18-36(57-49(72)41(30(5)6)56-32(9)65)46(69)60-38(26-29(3)4)47(70)62-52(10,11)51(74)61-42(31(7)8)50(73)58-35/h19-22,28-31,35-38,40-42H,13-18,23-27H2,1-12H3,(H2,53,66)(H,54,67)(H,55,71)(H,56,65)(H,57,72)(H,58,73)(H,59,68)(H,60,69)(H,61,74)(H,62,70)/t35-,36-,37-,38-,40?,41-,42-/m0/s1. The van der Waals surface area contributed by atoms with Gasteiger partial charge in [-0.05, 0) is 113 Å². The SMILES string of the molecule is COc1ccc(N2N=C3CC2C(=O)NCCCC[C@H](NC(=O)[C@@H](NC(C)=O)C(C)C)C(=O)N[C@@H](CC(C)C)C(=O)NC(C)(C)C(=O)N[C@@H](C(C)C)C(=O)N[C@H](C(=O)N[C@@H](CC(C)C)C(N)=O)CCCCNC3=O)cc1. The molecule has 1 fully saturated rings. The van der Waals surface area contributed by atoms with Crippen molar-refractivity contribution < 1.29 is 52.7 Å². The number of nitrogens with zero attached hydrogens (tertiary/aromatic N) is 2. The number of primary amides is 1. The Morgan fingerprint density at radius 3 is 1.97 bits per heavy atom. The minimum Gasteiger partial charge on any atom is -0.497 e. The van der Waals surface area contributed by atoms with Gasteiger partial charge in [0.1, 0.15) is 59.3 Å². The van der Waals surface area contributed by atoms with E-state index in [9.17, 15) is 47.9 Å².